The molecule has 2 rings (SSSR count). The van der Waals surface area contributed by atoms with Crippen molar-refractivity contribution in [1.29, 1.82) is 0 Å². The first kappa shape index (κ1) is 8.43. The molecule has 0 aliphatic carbocycles. The van der Waals surface area contributed by atoms with Gasteiger partial charge in [-0.1, -0.05) is 12.1 Å². The number of para-hydroxylation sites is 1. The van der Waals surface area contributed by atoms with Gasteiger partial charge in [0.2, 0.25) is 0 Å². The summed E-state index contributed by atoms with van der Waals surface area (Å²) in [7, 11) is 0. The normalized spacial score (nSPS) is 10.3. The Hall–Kier alpha value is -2.17. The number of hydrogen-bond acceptors (Lipinski definition) is 3. The van der Waals surface area contributed by atoms with Gasteiger partial charge in [-0.3, -0.25) is 4.79 Å². The molecule has 1 heterocycles. The van der Waals surface area contributed by atoms with Crippen molar-refractivity contribution in [2.45, 2.75) is 0 Å². The molecule has 0 radical (unpaired) electrons. The average molecular weight is 190 g/mol. The highest BCUT2D eigenvalue weighted by atomic mass is 16.4. The Morgan fingerprint density at radius 3 is 2.79 bits per heavy atom. The third-order valence-corrected chi connectivity index (χ3v) is 1.89. The van der Waals surface area contributed by atoms with Gasteiger partial charge in [-0.05, 0) is 12.1 Å². The maximum absolute atomic E-state index is 11.2. The predicted molar refractivity (Wildman–Crippen MR) is 49.4 cm³/mol. The van der Waals surface area contributed by atoms with Gasteiger partial charge >= 0.3 is 6.09 Å². The first-order valence-corrected chi connectivity index (χ1v) is 3.90. The number of nitrogens with zero attached hydrogens (tertiary/aromatic N) is 2. The highest BCUT2D eigenvalue weighted by molar-refractivity contribution is 5.86. The topological polar surface area (TPSA) is 72.2 Å². The van der Waals surface area contributed by atoms with Crippen molar-refractivity contribution >= 4 is 17.0 Å². The zero-order valence-electron chi connectivity index (χ0n) is 7.04. The van der Waals surface area contributed by atoms with Gasteiger partial charge in [-0.25, -0.2) is 9.36 Å². The van der Waals surface area contributed by atoms with Crippen molar-refractivity contribution < 1.29 is 9.90 Å². The minimum absolute atomic E-state index is 0.303. The van der Waals surface area contributed by atoms with E-state index in [1.165, 1.54) is 0 Å². The first-order valence-electron chi connectivity index (χ1n) is 3.90. The van der Waals surface area contributed by atoms with Gasteiger partial charge in [-0.15, -0.1) is 0 Å². The van der Waals surface area contributed by atoms with Gasteiger partial charge in [0, 0.05) is 0 Å². The fourth-order valence-corrected chi connectivity index (χ4v) is 1.26. The highest BCUT2D eigenvalue weighted by Crippen LogP contribution is 2.07. The van der Waals surface area contributed by atoms with Crippen LogP contribution < -0.4 is 5.56 Å². The maximum Gasteiger partial charge on any atom is 0.417 e. The zero-order valence-corrected chi connectivity index (χ0v) is 7.04. The van der Waals surface area contributed by atoms with E-state index in [-0.39, 0.29) is 0 Å². The fourth-order valence-electron chi connectivity index (χ4n) is 1.26. The van der Waals surface area contributed by atoms with Crippen LogP contribution in [0.25, 0.3) is 10.9 Å². The van der Waals surface area contributed by atoms with E-state index < -0.39 is 11.7 Å². The number of benzene rings is 1. The van der Waals surface area contributed by atoms with E-state index in [0.717, 1.165) is 10.9 Å². The molecule has 0 amide bonds. The van der Waals surface area contributed by atoms with Gasteiger partial charge in [0.15, 0.2) is 0 Å². The fraction of sp³-hybridized carbons (Fsp3) is 0. The number of hydrogen-bond donors (Lipinski definition) is 1. The summed E-state index contributed by atoms with van der Waals surface area (Å²) in [6.07, 6.45) is -0.152. The number of carbonyl (C=O) groups is 1. The summed E-state index contributed by atoms with van der Waals surface area (Å²) in [6.45, 7) is 0. The smallest absolute Gasteiger partial charge is 0.417 e. The van der Waals surface area contributed by atoms with Crippen LogP contribution >= 0.6 is 0 Å². The molecule has 5 nitrogen and oxygen atoms in total. The second-order valence-electron chi connectivity index (χ2n) is 2.72. The van der Waals surface area contributed by atoms with Crippen LogP contribution in [0.1, 0.15) is 0 Å². The van der Waals surface area contributed by atoms with Gasteiger partial charge in [0.1, 0.15) is 6.33 Å². The second kappa shape index (κ2) is 2.95. The summed E-state index contributed by atoms with van der Waals surface area (Å²) in [5.74, 6) is 0. The molecular weight excluding hydrogens is 184 g/mol. The van der Waals surface area contributed by atoms with Crippen molar-refractivity contribution in [3.05, 3.63) is 40.9 Å². The average Bonchev–Trinajstić information content (AvgIpc) is 2.18. The molecule has 0 aliphatic heterocycles. The Morgan fingerprint density at radius 2 is 2.07 bits per heavy atom. The molecule has 0 saturated heterocycles. The van der Waals surface area contributed by atoms with Gasteiger partial charge in [0.05, 0.1) is 10.9 Å². The Balaban J connectivity index is 2.96. The number of aromatic nitrogens is 2. The molecular formula is C9H6N2O3. The number of carboxylic acid groups (broad SMARTS) is 1. The van der Waals surface area contributed by atoms with Crippen LogP contribution in [0.3, 0.4) is 0 Å². The van der Waals surface area contributed by atoms with Gasteiger partial charge < -0.3 is 5.11 Å². The van der Waals surface area contributed by atoms with E-state index in [1.54, 1.807) is 24.3 Å². The molecule has 0 aliphatic rings. The van der Waals surface area contributed by atoms with Crippen LogP contribution in [0.15, 0.2) is 35.4 Å². The second-order valence-corrected chi connectivity index (χ2v) is 2.72. The molecule has 1 aromatic heterocycles. The SMILES string of the molecule is O=C(O)n1cnc(=O)c2ccccc21. The molecule has 1 aromatic carbocycles. The summed E-state index contributed by atoms with van der Waals surface area (Å²) in [6, 6.07) is 6.44. The predicted octanol–water partition coefficient (Wildman–Crippen LogP) is 0.923. The van der Waals surface area contributed by atoms with E-state index in [1.807, 2.05) is 0 Å². The van der Waals surface area contributed by atoms with Crippen LogP contribution in [0.4, 0.5) is 4.79 Å². The summed E-state index contributed by atoms with van der Waals surface area (Å²) in [5, 5.41) is 9.10. The Morgan fingerprint density at radius 1 is 1.36 bits per heavy atom. The molecule has 2 aromatic rings. The molecule has 5 heteroatoms. The minimum Gasteiger partial charge on any atom is -0.464 e. The third kappa shape index (κ3) is 1.15. The molecule has 0 fully saturated rings. The molecule has 0 saturated carbocycles. The van der Waals surface area contributed by atoms with E-state index >= 15 is 0 Å². The number of rotatable bonds is 0. The highest BCUT2D eigenvalue weighted by Gasteiger charge is 2.06. The minimum atomic E-state index is -1.16. The lowest BCUT2D eigenvalue weighted by Gasteiger charge is -2.02. The number of fused-ring (bicyclic) bond motifs is 1. The third-order valence-electron chi connectivity index (χ3n) is 1.89. The Bertz CT molecular complexity index is 559. The molecule has 0 spiro atoms. The van der Waals surface area contributed by atoms with E-state index in [4.69, 9.17) is 5.11 Å². The Kier molecular flexibility index (Phi) is 1.78. The molecule has 0 bridgehead atoms. The van der Waals surface area contributed by atoms with E-state index in [0.29, 0.717) is 10.9 Å². The van der Waals surface area contributed by atoms with Crippen LogP contribution in [-0.2, 0) is 0 Å². The van der Waals surface area contributed by atoms with Crippen molar-refractivity contribution in [3.8, 4) is 0 Å². The molecule has 70 valence electrons. The Labute approximate surface area is 78.2 Å². The maximum atomic E-state index is 11.2. The lowest BCUT2D eigenvalue weighted by atomic mass is 10.2. The summed E-state index contributed by atoms with van der Waals surface area (Å²) in [5.41, 5.74) is -0.0712. The van der Waals surface area contributed by atoms with E-state index in [2.05, 4.69) is 4.98 Å². The molecule has 0 unspecified atom stereocenters. The van der Waals surface area contributed by atoms with Crippen molar-refractivity contribution in [2.75, 3.05) is 0 Å². The van der Waals surface area contributed by atoms with Crippen LogP contribution in [0.2, 0.25) is 0 Å². The van der Waals surface area contributed by atoms with Crippen LogP contribution in [0.5, 0.6) is 0 Å². The summed E-state index contributed by atoms with van der Waals surface area (Å²) < 4.78 is 0.913. The lowest BCUT2D eigenvalue weighted by molar-refractivity contribution is 0.197. The summed E-state index contributed by atoms with van der Waals surface area (Å²) in [4.78, 5) is 25.4. The van der Waals surface area contributed by atoms with Crippen molar-refractivity contribution in [3.63, 3.8) is 0 Å². The molecule has 14 heavy (non-hydrogen) atoms. The van der Waals surface area contributed by atoms with Crippen molar-refractivity contribution in [2.24, 2.45) is 0 Å². The zero-order chi connectivity index (χ0) is 10.1. The van der Waals surface area contributed by atoms with Gasteiger partial charge in [0.25, 0.3) is 5.56 Å². The molecule has 1 N–H and O–H groups in total. The van der Waals surface area contributed by atoms with Crippen molar-refractivity contribution in [1.82, 2.24) is 9.55 Å². The summed E-state index contributed by atoms with van der Waals surface area (Å²) >= 11 is 0. The molecule has 0 atom stereocenters. The quantitative estimate of drug-likeness (QED) is 0.670. The van der Waals surface area contributed by atoms with Crippen LogP contribution in [0, 0.1) is 0 Å². The first-order chi connectivity index (χ1) is 6.70. The largest absolute Gasteiger partial charge is 0.464 e. The van der Waals surface area contributed by atoms with Gasteiger partial charge in [-0.2, -0.15) is 4.98 Å². The van der Waals surface area contributed by atoms with Crippen LogP contribution in [-0.4, -0.2) is 20.8 Å². The standard InChI is InChI=1S/C9H6N2O3/c12-8-6-3-1-2-4-7(6)11(5-10-8)9(13)14/h1-5H,(H,13,14). The lowest BCUT2D eigenvalue weighted by Crippen LogP contribution is -2.16. The van der Waals surface area contributed by atoms with E-state index in [9.17, 15) is 9.59 Å². The monoisotopic (exact) mass is 190 g/mol.